The number of hydrogen-bond donors (Lipinski definition) is 2. The standard InChI is InChI=1S/C23H19ClN4O2/c24-19-13-11-17(12-14-19)20(26-23(29)25-15-16-7-3-1-4-8-16)22-28-27-21(30-22)18-9-5-2-6-10-18/h1-14,20H,15H2,(H2,25,26,29)/t20-/m0/s1. The summed E-state index contributed by atoms with van der Waals surface area (Å²) in [5, 5.41) is 14.7. The average Bonchev–Trinajstić information content (AvgIpc) is 3.28. The summed E-state index contributed by atoms with van der Waals surface area (Å²) in [6.07, 6.45) is 0. The van der Waals surface area contributed by atoms with Crippen molar-refractivity contribution in [1.82, 2.24) is 20.8 Å². The zero-order chi connectivity index (χ0) is 20.8. The van der Waals surface area contributed by atoms with Crippen LogP contribution in [0.5, 0.6) is 0 Å². The van der Waals surface area contributed by atoms with E-state index in [-0.39, 0.29) is 11.9 Å². The molecule has 0 unspecified atom stereocenters. The quantitative estimate of drug-likeness (QED) is 0.462. The molecule has 6 nitrogen and oxygen atoms in total. The minimum absolute atomic E-state index is 0.283. The first-order valence-electron chi connectivity index (χ1n) is 9.41. The molecule has 2 N–H and O–H groups in total. The molecule has 4 aromatic rings. The fourth-order valence-corrected chi connectivity index (χ4v) is 3.08. The lowest BCUT2D eigenvalue weighted by atomic mass is 10.1. The number of hydrogen-bond acceptors (Lipinski definition) is 4. The van der Waals surface area contributed by atoms with Gasteiger partial charge in [0.05, 0.1) is 0 Å². The molecular weight excluding hydrogens is 400 g/mol. The van der Waals surface area contributed by atoms with Crippen LogP contribution in [0, 0.1) is 0 Å². The third-order valence-corrected chi connectivity index (χ3v) is 4.73. The van der Waals surface area contributed by atoms with Crippen LogP contribution in [-0.4, -0.2) is 16.2 Å². The van der Waals surface area contributed by atoms with Crippen molar-refractivity contribution in [2.45, 2.75) is 12.6 Å². The zero-order valence-corrected chi connectivity index (χ0v) is 16.7. The van der Waals surface area contributed by atoms with Crippen molar-refractivity contribution in [3.05, 3.63) is 107 Å². The summed E-state index contributed by atoms with van der Waals surface area (Å²) in [6, 6.07) is 25.3. The van der Waals surface area contributed by atoms with Gasteiger partial charge in [0.1, 0.15) is 6.04 Å². The van der Waals surface area contributed by atoms with Crippen molar-refractivity contribution < 1.29 is 9.21 Å². The molecule has 1 heterocycles. The van der Waals surface area contributed by atoms with Crippen molar-refractivity contribution in [2.75, 3.05) is 0 Å². The molecule has 0 fully saturated rings. The summed E-state index contributed by atoms with van der Waals surface area (Å²) in [5.41, 5.74) is 2.58. The lowest BCUT2D eigenvalue weighted by Gasteiger charge is -2.16. The molecule has 0 radical (unpaired) electrons. The van der Waals surface area contributed by atoms with Crippen molar-refractivity contribution in [3.8, 4) is 11.5 Å². The fraction of sp³-hybridized carbons (Fsp3) is 0.0870. The first kappa shape index (κ1) is 19.7. The summed E-state index contributed by atoms with van der Waals surface area (Å²) in [6.45, 7) is 0.402. The van der Waals surface area contributed by atoms with Crippen LogP contribution in [0.2, 0.25) is 5.02 Å². The van der Waals surface area contributed by atoms with Crippen LogP contribution >= 0.6 is 11.6 Å². The SMILES string of the molecule is O=C(NCc1ccccc1)N[C@@H](c1ccc(Cl)cc1)c1nnc(-c2ccccc2)o1. The van der Waals surface area contributed by atoms with E-state index >= 15 is 0 Å². The third kappa shape index (κ3) is 4.85. The number of aromatic nitrogens is 2. The molecule has 1 atom stereocenters. The second-order valence-corrected chi connectivity index (χ2v) is 7.05. The Kier molecular flexibility index (Phi) is 6.06. The normalized spacial score (nSPS) is 11.6. The average molecular weight is 419 g/mol. The van der Waals surface area contributed by atoms with E-state index in [2.05, 4.69) is 20.8 Å². The third-order valence-electron chi connectivity index (χ3n) is 4.48. The largest absolute Gasteiger partial charge is 0.418 e. The van der Waals surface area contributed by atoms with Crippen molar-refractivity contribution in [1.29, 1.82) is 0 Å². The summed E-state index contributed by atoms with van der Waals surface area (Å²) in [5.74, 6) is 0.669. The molecule has 7 heteroatoms. The Balaban J connectivity index is 1.55. The van der Waals surface area contributed by atoms with E-state index < -0.39 is 6.04 Å². The van der Waals surface area contributed by atoms with Gasteiger partial charge in [0.2, 0.25) is 11.8 Å². The highest BCUT2D eigenvalue weighted by molar-refractivity contribution is 6.30. The second kappa shape index (κ2) is 9.24. The van der Waals surface area contributed by atoms with Crippen LogP contribution in [0.3, 0.4) is 0 Å². The molecule has 30 heavy (non-hydrogen) atoms. The lowest BCUT2D eigenvalue weighted by Crippen LogP contribution is -2.38. The van der Waals surface area contributed by atoms with Crippen LogP contribution in [-0.2, 0) is 6.54 Å². The van der Waals surface area contributed by atoms with E-state index in [1.165, 1.54) is 0 Å². The Labute approximate surface area is 178 Å². The predicted molar refractivity (Wildman–Crippen MR) is 115 cm³/mol. The number of nitrogens with zero attached hydrogens (tertiary/aromatic N) is 2. The number of carbonyl (C=O) groups excluding carboxylic acids is 1. The maximum absolute atomic E-state index is 12.6. The fourth-order valence-electron chi connectivity index (χ4n) is 2.95. The van der Waals surface area contributed by atoms with E-state index in [1.807, 2.05) is 72.8 Å². The molecule has 3 aromatic carbocycles. The van der Waals surface area contributed by atoms with Crippen LogP contribution in [0.25, 0.3) is 11.5 Å². The highest BCUT2D eigenvalue weighted by Crippen LogP contribution is 2.26. The molecule has 4 rings (SSSR count). The van der Waals surface area contributed by atoms with Gasteiger partial charge in [-0.15, -0.1) is 10.2 Å². The predicted octanol–water partition coefficient (Wildman–Crippen LogP) is 4.98. The lowest BCUT2D eigenvalue weighted by molar-refractivity contribution is 0.236. The van der Waals surface area contributed by atoms with E-state index in [0.29, 0.717) is 17.5 Å². The number of urea groups is 1. The Morgan fingerprint density at radius 1 is 0.900 bits per heavy atom. The van der Waals surface area contributed by atoms with Crippen molar-refractivity contribution >= 4 is 17.6 Å². The summed E-state index contributed by atoms with van der Waals surface area (Å²) >= 11 is 6.02. The van der Waals surface area contributed by atoms with Gasteiger partial charge in [-0.05, 0) is 35.4 Å². The van der Waals surface area contributed by atoms with E-state index in [0.717, 1.165) is 16.7 Å². The Morgan fingerprint density at radius 3 is 2.27 bits per heavy atom. The maximum Gasteiger partial charge on any atom is 0.315 e. The molecule has 0 aliphatic rings. The molecular formula is C23H19ClN4O2. The van der Waals surface area contributed by atoms with Crippen LogP contribution < -0.4 is 10.6 Å². The minimum Gasteiger partial charge on any atom is -0.418 e. The molecule has 0 aliphatic carbocycles. The number of nitrogens with one attached hydrogen (secondary N) is 2. The topological polar surface area (TPSA) is 80.0 Å². The molecule has 0 bridgehead atoms. The van der Waals surface area contributed by atoms with Gasteiger partial charge in [-0.1, -0.05) is 72.3 Å². The number of carbonyl (C=O) groups is 1. The van der Waals surface area contributed by atoms with Gasteiger partial charge in [0.25, 0.3) is 0 Å². The smallest absolute Gasteiger partial charge is 0.315 e. The Bertz CT molecular complexity index is 1100. The minimum atomic E-state index is -0.622. The van der Waals surface area contributed by atoms with Gasteiger partial charge >= 0.3 is 6.03 Å². The van der Waals surface area contributed by atoms with E-state index in [4.69, 9.17) is 16.0 Å². The molecule has 1 aromatic heterocycles. The first-order valence-corrected chi connectivity index (χ1v) is 9.79. The molecule has 0 aliphatic heterocycles. The van der Waals surface area contributed by atoms with E-state index in [1.54, 1.807) is 12.1 Å². The Morgan fingerprint density at radius 2 is 1.57 bits per heavy atom. The molecule has 2 amide bonds. The van der Waals surface area contributed by atoms with Crippen LogP contribution in [0.4, 0.5) is 4.79 Å². The molecule has 0 spiro atoms. The van der Waals surface area contributed by atoms with Gasteiger partial charge in [-0.3, -0.25) is 0 Å². The highest BCUT2D eigenvalue weighted by Gasteiger charge is 2.23. The number of amides is 2. The molecule has 0 saturated heterocycles. The van der Waals surface area contributed by atoms with Gasteiger partial charge in [-0.25, -0.2) is 4.79 Å². The van der Waals surface area contributed by atoms with E-state index in [9.17, 15) is 4.79 Å². The monoisotopic (exact) mass is 418 g/mol. The van der Waals surface area contributed by atoms with Gasteiger partial charge < -0.3 is 15.1 Å². The number of halogens is 1. The van der Waals surface area contributed by atoms with Crippen LogP contribution in [0.15, 0.2) is 89.3 Å². The van der Waals surface area contributed by atoms with Gasteiger partial charge in [-0.2, -0.15) is 0 Å². The molecule has 0 saturated carbocycles. The summed E-state index contributed by atoms with van der Waals surface area (Å²) in [4.78, 5) is 12.6. The van der Waals surface area contributed by atoms with Crippen molar-refractivity contribution in [3.63, 3.8) is 0 Å². The van der Waals surface area contributed by atoms with Crippen LogP contribution in [0.1, 0.15) is 23.1 Å². The molecule has 150 valence electrons. The second-order valence-electron chi connectivity index (χ2n) is 6.61. The Hall–Kier alpha value is -3.64. The van der Waals surface area contributed by atoms with Crippen molar-refractivity contribution in [2.24, 2.45) is 0 Å². The maximum atomic E-state index is 12.6. The number of benzene rings is 3. The first-order chi connectivity index (χ1) is 14.7. The zero-order valence-electron chi connectivity index (χ0n) is 16.0. The van der Waals surface area contributed by atoms with Gasteiger partial charge in [0, 0.05) is 17.1 Å². The summed E-state index contributed by atoms with van der Waals surface area (Å²) < 4.78 is 5.88. The van der Waals surface area contributed by atoms with Gasteiger partial charge in [0.15, 0.2) is 0 Å². The summed E-state index contributed by atoms with van der Waals surface area (Å²) in [7, 11) is 0. The highest BCUT2D eigenvalue weighted by atomic mass is 35.5. The number of rotatable bonds is 6.